The molecule has 1 unspecified atom stereocenters. The number of amides is 1. The highest BCUT2D eigenvalue weighted by atomic mass is 16.5. The number of carbonyl (C=O) groups is 1. The van der Waals surface area contributed by atoms with Crippen LogP contribution in [0.4, 0.5) is 0 Å². The summed E-state index contributed by atoms with van der Waals surface area (Å²) in [6.07, 6.45) is 4.64. The Morgan fingerprint density at radius 2 is 1.48 bits per heavy atom. The summed E-state index contributed by atoms with van der Waals surface area (Å²) in [5.74, 6) is 3.43. The smallest absolute Gasteiger partial charge is 0.250 e. The molecule has 2 aliphatic rings. The van der Waals surface area contributed by atoms with E-state index in [-0.39, 0.29) is 11.9 Å². The fourth-order valence-electron chi connectivity index (χ4n) is 6.12. The summed E-state index contributed by atoms with van der Waals surface area (Å²) in [4.78, 5) is 21.1. The fraction of sp³-hybridized carbons (Fsp3) is 0.545. The van der Waals surface area contributed by atoms with E-state index in [1.54, 1.807) is 35.5 Å². The lowest BCUT2D eigenvalue weighted by Crippen LogP contribution is -2.58. The summed E-state index contributed by atoms with van der Waals surface area (Å²) < 4.78 is 27.8. The maximum absolute atomic E-state index is 14.2. The number of piperazine rings is 1. The molecule has 9 heteroatoms. The van der Waals surface area contributed by atoms with Crippen LogP contribution < -0.4 is 23.7 Å². The van der Waals surface area contributed by atoms with Gasteiger partial charge in [-0.15, -0.1) is 0 Å². The first-order valence-electron chi connectivity index (χ1n) is 14.9. The molecule has 1 atom stereocenters. The van der Waals surface area contributed by atoms with Gasteiger partial charge in [0.1, 0.15) is 0 Å². The van der Waals surface area contributed by atoms with Crippen molar-refractivity contribution in [3.63, 3.8) is 0 Å². The van der Waals surface area contributed by atoms with Crippen molar-refractivity contribution in [3.05, 3.63) is 46.5 Å². The molecule has 0 N–H and O–H groups in total. The zero-order valence-electron chi connectivity index (χ0n) is 26.3. The van der Waals surface area contributed by atoms with Gasteiger partial charge in [0.05, 0.1) is 41.6 Å². The lowest BCUT2D eigenvalue weighted by atomic mass is 10.0. The van der Waals surface area contributed by atoms with Crippen LogP contribution in [0.15, 0.2) is 29.8 Å². The minimum absolute atomic E-state index is 0.0715. The van der Waals surface area contributed by atoms with E-state index < -0.39 is 0 Å². The number of carbonyl (C=O) groups excluding carboxylic acids is 1. The number of hydrogen-bond donors (Lipinski definition) is 0. The van der Waals surface area contributed by atoms with Crippen LogP contribution in [0.25, 0.3) is 6.08 Å². The van der Waals surface area contributed by atoms with Gasteiger partial charge in [0.25, 0.3) is 0 Å². The average molecular weight is 582 g/mol. The predicted molar refractivity (Wildman–Crippen MR) is 165 cm³/mol. The van der Waals surface area contributed by atoms with Gasteiger partial charge in [0, 0.05) is 38.3 Å². The van der Waals surface area contributed by atoms with Crippen LogP contribution in [-0.2, 0) is 17.8 Å². The first kappa shape index (κ1) is 31.5. The summed E-state index contributed by atoms with van der Waals surface area (Å²) in [6.45, 7) is 10.0. The van der Waals surface area contributed by atoms with Crippen LogP contribution in [0.1, 0.15) is 43.4 Å². The van der Waals surface area contributed by atoms with Crippen LogP contribution >= 0.6 is 0 Å². The van der Waals surface area contributed by atoms with E-state index >= 15 is 0 Å². The molecule has 1 heterocycles. The Morgan fingerprint density at radius 1 is 0.833 bits per heavy atom. The molecule has 1 saturated heterocycles. The van der Waals surface area contributed by atoms with Gasteiger partial charge >= 0.3 is 0 Å². The standard InChI is InChI=1S/C33H47N3O6/c1-8-34(9-2)21-27-22-35(20-23-15-30(40-5)32(42-7)31(16-23)41-6)13-14-36(27)33(37)25-12-10-11-24-18-28(38-3)29(39-4)19-26(24)17-25/h15-19,27H,8-14,20-22H2,1-7H3. The van der Waals surface area contributed by atoms with Gasteiger partial charge in [0.15, 0.2) is 23.0 Å². The maximum Gasteiger partial charge on any atom is 0.250 e. The van der Waals surface area contributed by atoms with E-state index in [4.69, 9.17) is 23.7 Å². The van der Waals surface area contributed by atoms with Crippen molar-refractivity contribution in [1.29, 1.82) is 0 Å². The van der Waals surface area contributed by atoms with E-state index in [9.17, 15) is 4.79 Å². The Hall–Kier alpha value is -3.43. The quantitative estimate of drug-likeness (QED) is 0.363. The van der Waals surface area contributed by atoms with Crippen molar-refractivity contribution < 1.29 is 28.5 Å². The van der Waals surface area contributed by atoms with E-state index in [1.165, 1.54) is 5.56 Å². The van der Waals surface area contributed by atoms with E-state index in [1.807, 2.05) is 24.3 Å². The molecule has 0 bridgehead atoms. The molecule has 0 saturated carbocycles. The fourth-order valence-corrected chi connectivity index (χ4v) is 6.12. The topological polar surface area (TPSA) is 72.9 Å². The number of aryl methyl sites for hydroxylation is 1. The molecule has 1 fully saturated rings. The summed E-state index contributed by atoms with van der Waals surface area (Å²) in [6, 6.07) is 8.13. The molecule has 0 spiro atoms. The molecule has 2 aromatic carbocycles. The van der Waals surface area contributed by atoms with Crippen LogP contribution in [-0.4, -0.2) is 101 Å². The highest BCUT2D eigenvalue weighted by Gasteiger charge is 2.33. The molecule has 1 amide bonds. The largest absolute Gasteiger partial charge is 0.493 e. The minimum atomic E-state index is 0.0715. The number of ether oxygens (including phenoxy) is 5. The maximum atomic E-state index is 14.2. The monoisotopic (exact) mass is 581 g/mol. The molecule has 42 heavy (non-hydrogen) atoms. The number of likely N-dealkylation sites (N-methyl/N-ethyl adjacent to an activating group) is 1. The zero-order chi connectivity index (χ0) is 30.2. The third-order valence-corrected chi connectivity index (χ3v) is 8.46. The van der Waals surface area contributed by atoms with Crippen molar-refractivity contribution in [2.75, 3.05) is 74.8 Å². The van der Waals surface area contributed by atoms with Gasteiger partial charge < -0.3 is 33.5 Å². The van der Waals surface area contributed by atoms with E-state index in [0.29, 0.717) is 29.5 Å². The second-order valence-corrected chi connectivity index (χ2v) is 10.8. The third kappa shape index (κ3) is 6.95. The van der Waals surface area contributed by atoms with Crippen LogP contribution in [0.5, 0.6) is 28.7 Å². The van der Waals surface area contributed by atoms with Gasteiger partial charge in [-0.3, -0.25) is 9.69 Å². The lowest BCUT2D eigenvalue weighted by molar-refractivity contribution is -0.132. The van der Waals surface area contributed by atoms with Crippen molar-refractivity contribution in [3.8, 4) is 28.7 Å². The van der Waals surface area contributed by atoms with Crippen molar-refractivity contribution in [2.24, 2.45) is 0 Å². The molecule has 0 radical (unpaired) electrons. The molecule has 1 aliphatic carbocycles. The van der Waals surface area contributed by atoms with Crippen LogP contribution in [0, 0.1) is 0 Å². The van der Waals surface area contributed by atoms with Crippen molar-refractivity contribution in [2.45, 2.75) is 45.7 Å². The molecular formula is C33H47N3O6. The first-order valence-corrected chi connectivity index (χ1v) is 14.9. The van der Waals surface area contributed by atoms with E-state index in [2.05, 4.69) is 34.6 Å². The molecule has 2 aromatic rings. The van der Waals surface area contributed by atoms with Gasteiger partial charge in [-0.2, -0.15) is 0 Å². The highest BCUT2D eigenvalue weighted by molar-refractivity contribution is 5.98. The number of methoxy groups -OCH3 is 5. The van der Waals surface area contributed by atoms with Crippen molar-refractivity contribution in [1.82, 2.24) is 14.7 Å². The summed E-state index contributed by atoms with van der Waals surface area (Å²) in [7, 11) is 8.19. The number of rotatable bonds is 12. The third-order valence-electron chi connectivity index (χ3n) is 8.46. The Kier molecular flexibility index (Phi) is 11.0. The number of hydrogen-bond acceptors (Lipinski definition) is 8. The predicted octanol–water partition coefficient (Wildman–Crippen LogP) is 4.50. The van der Waals surface area contributed by atoms with Crippen LogP contribution in [0.3, 0.4) is 0 Å². The summed E-state index contributed by atoms with van der Waals surface area (Å²) in [5, 5.41) is 0. The number of fused-ring (bicyclic) bond motifs is 1. The molecule has 9 nitrogen and oxygen atoms in total. The van der Waals surface area contributed by atoms with Crippen molar-refractivity contribution >= 4 is 12.0 Å². The second-order valence-electron chi connectivity index (χ2n) is 10.8. The first-order chi connectivity index (χ1) is 20.4. The van der Waals surface area contributed by atoms with Crippen LogP contribution in [0.2, 0.25) is 0 Å². The molecule has 1 aliphatic heterocycles. The van der Waals surface area contributed by atoms with Gasteiger partial charge in [-0.25, -0.2) is 0 Å². The zero-order valence-corrected chi connectivity index (χ0v) is 26.3. The highest BCUT2D eigenvalue weighted by Crippen LogP contribution is 2.39. The molecule has 230 valence electrons. The lowest BCUT2D eigenvalue weighted by Gasteiger charge is -2.43. The Labute approximate surface area is 250 Å². The second kappa shape index (κ2) is 14.6. The molecular weight excluding hydrogens is 534 g/mol. The Bertz CT molecular complexity index is 1230. The Balaban J connectivity index is 1.58. The summed E-state index contributed by atoms with van der Waals surface area (Å²) in [5.41, 5.74) is 4.17. The SMILES string of the molecule is CCN(CC)CC1CN(Cc2cc(OC)c(OC)c(OC)c2)CCN1C(=O)C1=Cc2cc(OC)c(OC)cc2CCC1. The van der Waals surface area contributed by atoms with Gasteiger partial charge in [-0.1, -0.05) is 13.8 Å². The van der Waals surface area contributed by atoms with Gasteiger partial charge in [-0.05, 0) is 79.4 Å². The Morgan fingerprint density at radius 3 is 2.07 bits per heavy atom. The number of benzene rings is 2. The molecule has 4 rings (SSSR count). The number of nitrogens with zero attached hydrogens (tertiary/aromatic N) is 3. The minimum Gasteiger partial charge on any atom is -0.493 e. The summed E-state index contributed by atoms with van der Waals surface area (Å²) >= 11 is 0. The average Bonchev–Trinajstić information content (AvgIpc) is 3.24. The normalized spacial score (nSPS) is 17.3. The van der Waals surface area contributed by atoms with E-state index in [0.717, 1.165) is 81.0 Å². The van der Waals surface area contributed by atoms with Gasteiger partial charge in [0.2, 0.25) is 11.7 Å². The molecule has 0 aromatic heterocycles.